The van der Waals surface area contributed by atoms with Gasteiger partial charge in [0, 0.05) is 18.1 Å². The lowest BCUT2D eigenvalue weighted by atomic mass is 10.2. The lowest BCUT2D eigenvalue weighted by Crippen LogP contribution is -2.24. The maximum atomic E-state index is 9.48. The van der Waals surface area contributed by atoms with E-state index in [1.54, 1.807) is 0 Å². The van der Waals surface area contributed by atoms with Crippen molar-refractivity contribution in [2.24, 2.45) is 0 Å². The van der Waals surface area contributed by atoms with E-state index < -0.39 is 0 Å². The van der Waals surface area contributed by atoms with Crippen molar-refractivity contribution in [3.63, 3.8) is 0 Å². The number of rotatable bonds is 10. The number of aliphatic hydroxyl groups excluding tert-OH is 1. The zero-order chi connectivity index (χ0) is 20.5. The molecule has 152 valence electrons. The van der Waals surface area contributed by atoms with Gasteiger partial charge in [0.1, 0.15) is 0 Å². The van der Waals surface area contributed by atoms with Crippen LogP contribution in [0.1, 0.15) is 24.5 Å². The number of aromatic nitrogens is 3. The van der Waals surface area contributed by atoms with Crippen molar-refractivity contribution in [3.05, 3.63) is 70.7 Å². The second-order valence-electron chi connectivity index (χ2n) is 6.56. The Morgan fingerprint density at radius 1 is 0.828 bits per heavy atom. The van der Waals surface area contributed by atoms with E-state index in [1.165, 1.54) is 0 Å². The van der Waals surface area contributed by atoms with E-state index in [1.807, 2.05) is 61.5 Å². The predicted molar refractivity (Wildman–Crippen MR) is 117 cm³/mol. The normalized spacial score (nSPS) is 11.7. The van der Waals surface area contributed by atoms with Crippen LogP contribution >= 0.6 is 11.6 Å². The van der Waals surface area contributed by atoms with Crippen molar-refractivity contribution >= 4 is 29.4 Å². The first-order valence-electron chi connectivity index (χ1n) is 9.56. The molecule has 0 unspecified atom stereocenters. The summed E-state index contributed by atoms with van der Waals surface area (Å²) >= 11 is 5.94. The maximum absolute atomic E-state index is 9.48. The molecule has 2 aromatic carbocycles. The summed E-state index contributed by atoms with van der Waals surface area (Å²) < 4.78 is 0. The van der Waals surface area contributed by atoms with E-state index in [4.69, 9.17) is 11.6 Å². The van der Waals surface area contributed by atoms with E-state index in [-0.39, 0.29) is 12.6 Å². The van der Waals surface area contributed by atoms with Gasteiger partial charge in [0.2, 0.25) is 17.8 Å². The van der Waals surface area contributed by atoms with E-state index in [0.29, 0.717) is 36.0 Å². The Bertz CT molecular complexity index is 887. The summed E-state index contributed by atoms with van der Waals surface area (Å²) in [4.78, 5) is 13.3. The Morgan fingerprint density at radius 3 is 1.93 bits per heavy atom. The summed E-state index contributed by atoms with van der Waals surface area (Å²) in [6, 6.07) is 17.5. The molecular weight excluding hydrogens is 388 g/mol. The number of nitrogens with one attached hydrogen (secondary N) is 3. The number of halogens is 1. The van der Waals surface area contributed by atoms with Gasteiger partial charge in [-0.1, -0.05) is 61.0 Å². The van der Waals surface area contributed by atoms with E-state index in [2.05, 4.69) is 30.9 Å². The van der Waals surface area contributed by atoms with E-state index in [9.17, 15) is 5.11 Å². The third-order valence-corrected chi connectivity index (χ3v) is 4.59. The van der Waals surface area contributed by atoms with Crippen molar-refractivity contribution < 1.29 is 5.11 Å². The minimum atomic E-state index is -0.122. The second kappa shape index (κ2) is 10.6. The Hall–Kier alpha value is -2.90. The standard InChI is InChI=1S/C21H25ClN6O/c1-2-18(14-29)25-21-27-19(23-12-15-6-4-3-5-7-15)26-20(28-21)24-13-16-8-10-17(22)11-9-16/h3-11,18,29H,2,12-14H2,1H3,(H3,23,24,25,26,27,28)/t18-/m1/s1. The summed E-state index contributed by atoms with van der Waals surface area (Å²) in [5, 5.41) is 19.8. The highest BCUT2D eigenvalue weighted by Gasteiger charge is 2.11. The largest absolute Gasteiger partial charge is 0.394 e. The lowest BCUT2D eigenvalue weighted by Gasteiger charge is -2.16. The molecule has 0 amide bonds. The van der Waals surface area contributed by atoms with Crippen molar-refractivity contribution in [2.75, 3.05) is 22.6 Å². The van der Waals surface area contributed by atoms with Gasteiger partial charge in [-0.2, -0.15) is 15.0 Å². The zero-order valence-electron chi connectivity index (χ0n) is 16.3. The smallest absolute Gasteiger partial charge is 0.229 e. The molecule has 0 aliphatic rings. The van der Waals surface area contributed by atoms with Gasteiger partial charge in [-0.25, -0.2) is 0 Å². The summed E-state index contributed by atoms with van der Waals surface area (Å²) in [6.07, 6.45) is 0.752. The molecule has 0 radical (unpaired) electrons. The first-order chi connectivity index (χ1) is 14.2. The number of anilines is 3. The Kier molecular flexibility index (Phi) is 7.61. The third kappa shape index (κ3) is 6.58. The zero-order valence-corrected chi connectivity index (χ0v) is 17.0. The fourth-order valence-corrected chi connectivity index (χ4v) is 2.74. The van der Waals surface area contributed by atoms with Crippen LogP contribution in [0, 0.1) is 0 Å². The molecule has 3 aromatic rings. The molecule has 0 bridgehead atoms. The molecule has 8 heteroatoms. The van der Waals surface area contributed by atoms with Crippen LogP contribution in [-0.4, -0.2) is 32.7 Å². The average Bonchev–Trinajstić information content (AvgIpc) is 2.76. The van der Waals surface area contributed by atoms with Crippen molar-refractivity contribution in [1.29, 1.82) is 0 Å². The molecule has 0 fully saturated rings. The maximum Gasteiger partial charge on any atom is 0.229 e. The molecule has 4 N–H and O–H groups in total. The second-order valence-corrected chi connectivity index (χ2v) is 6.99. The molecule has 0 aliphatic carbocycles. The lowest BCUT2D eigenvalue weighted by molar-refractivity contribution is 0.271. The summed E-state index contributed by atoms with van der Waals surface area (Å²) in [6.45, 7) is 3.14. The molecule has 0 saturated carbocycles. The van der Waals surface area contributed by atoms with Crippen LogP contribution in [0.15, 0.2) is 54.6 Å². The van der Waals surface area contributed by atoms with Gasteiger partial charge in [-0.15, -0.1) is 0 Å². The van der Waals surface area contributed by atoms with Crippen molar-refractivity contribution in [3.8, 4) is 0 Å². The Balaban J connectivity index is 1.74. The van der Waals surface area contributed by atoms with Gasteiger partial charge in [0.15, 0.2) is 0 Å². The number of hydrogen-bond acceptors (Lipinski definition) is 7. The molecular formula is C21H25ClN6O. The topological polar surface area (TPSA) is 95.0 Å². The van der Waals surface area contributed by atoms with Crippen LogP contribution in [0.2, 0.25) is 5.02 Å². The molecule has 0 spiro atoms. The molecule has 1 aromatic heterocycles. The van der Waals surface area contributed by atoms with Gasteiger partial charge in [0.25, 0.3) is 0 Å². The average molecular weight is 413 g/mol. The highest BCUT2D eigenvalue weighted by molar-refractivity contribution is 6.30. The fourth-order valence-electron chi connectivity index (χ4n) is 2.62. The first kappa shape index (κ1) is 20.8. The summed E-state index contributed by atoms with van der Waals surface area (Å²) in [5.74, 6) is 1.31. The van der Waals surface area contributed by atoms with Gasteiger partial charge in [-0.05, 0) is 29.7 Å². The van der Waals surface area contributed by atoms with Gasteiger partial charge >= 0.3 is 0 Å². The van der Waals surface area contributed by atoms with Crippen LogP contribution in [0.3, 0.4) is 0 Å². The summed E-state index contributed by atoms with van der Waals surface area (Å²) in [5.41, 5.74) is 2.18. The predicted octanol–water partition coefficient (Wildman–Crippen LogP) is 3.93. The van der Waals surface area contributed by atoms with E-state index in [0.717, 1.165) is 17.5 Å². The number of aliphatic hydroxyl groups is 1. The number of nitrogens with zero attached hydrogens (tertiary/aromatic N) is 3. The fraction of sp³-hybridized carbons (Fsp3) is 0.286. The minimum Gasteiger partial charge on any atom is -0.394 e. The molecule has 1 heterocycles. The highest BCUT2D eigenvalue weighted by Crippen LogP contribution is 2.14. The van der Waals surface area contributed by atoms with Gasteiger partial charge in [0.05, 0.1) is 12.6 Å². The summed E-state index contributed by atoms with van der Waals surface area (Å²) in [7, 11) is 0. The quantitative estimate of drug-likeness (QED) is 0.400. The number of benzene rings is 2. The first-order valence-corrected chi connectivity index (χ1v) is 9.93. The SMILES string of the molecule is CC[C@H](CO)Nc1nc(NCc2ccccc2)nc(NCc2ccc(Cl)cc2)n1. The third-order valence-electron chi connectivity index (χ3n) is 4.34. The van der Waals surface area contributed by atoms with Crippen LogP contribution < -0.4 is 16.0 Å². The minimum absolute atomic E-state index is 0.00248. The molecule has 3 rings (SSSR count). The van der Waals surface area contributed by atoms with Crippen LogP contribution in [-0.2, 0) is 13.1 Å². The Labute approximate surface area is 175 Å². The number of hydrogen-bond donors (Lipinski definition) is 4. The van der Waals surface area contributed by atoms with Gasteiger partial charge in [-0.3, -0.25) is 0 Å². The monoisotopic (exact) mass is 412 g/mol. The molecule has 0 saturated heterocycles. The van der Waals surface area contributed by atoms with E-state index >= 15 is 0 Å². The van der Waals surface area contributed by atoms with Crippen LogP contribution in [0.5, 0.6) is 0 Å². The molecule has 7 nitrogen and oxygen atoms in total. The molecule has 0 aliphatic heterocycles. The molecule has 29 heavy (non-hydrogen) atoms. The molecule has 1 atom stereocenters. The van der Waals surface area contributed by atoms with Crippen LogP contribution in [0.4, 0.5) is 17.8 Å². The van der Waals surface area contributed by atoms with Crippen molar-refractivity contribution in [1.82, 2.24) is 15.0 Å². The Morgan fingerprint density at radius 2 is 1.38 bits per heavy atom. The van der Waals surface area contributed by atoms with Crippen molar-refractivity contribution in [2.45, 2.75) is 32.5 Å². The van der Waals surface area contributed by atoms with Gasteiger partial charge < -0.3 is 21.1 Å². The van der Waals surface area contributed by atoms with Crippen LogP contribution in [0.25, 0.3) is 0 Å². The highest BCUT2D eigenvalue weighted by atomic mass is 35.5.